The third-order valence-electron chi connectivity index (χ3n) is 4.34. The maximum absolute atomic E-state index is 13.8. The van der Waals surface area contributed by atoms with Crippen molar-refractivity contribution in [1.82, 2.24) is 4.98 Å². The lowest BCUT2D eigenvalue weighted by atomic mass is 10.1. The molecular weight excluding hydrogens is 407 g/mol. The molecule has 4 aromatic rings. The van der Waals surface area contributed by atoms with Crippen molar-refractivity contribution in [1.29, 1.82) is 0 Å². The van der Waals surface area contributed by atoms with E-state index in [4.69, 9.17) is 14.3 Å². The molecule has 0 saturated carbocycles. The second-order valence-electron chi connectivity index (χ2n) is 6.41. The molecule has 0 atom stereocenters. The van der Waals surface area contributed by atoms with Crippen LogP contribution in [0, 0.1) is 5.82 Å². The Morgan fingerprint density at radius 1 is 0.933 bits per heavy atom. The quantitative estimate of drug-likeness (QED) is 0.496. The highest BCUT2D eigenvalue weighted by Crippen LogP contribution is 2.36. The van der Waals surface area contributed by atoms with Gasteiger partial charge in [0, 0.05) is 11.1 Å². The Labute approximate surface area is 172 Å². The maximum Gasteiger partial charge on any atom is 0.238 e. The van der Waals surface area contributed by atoms with Crippen molar-refractivity contribution in [3.8, 4) is 28.3 Å². The van der Waals surface area contributed by atoms with E-state index in [1.165, 1.54) is 18.2 Å². The minimum atomic E-state index is -3.99. The number of primary sulfonamides is 1. The van der Waals surface area contributed by atoms with Crippen LogP contribution >= 0.6 is 0 Å². The third-order valence-corrected chi connectivity index (χ3v) is 5.31. The number of benzene rings is 3. The van der Waals surface area contributed by atoms with E-state index in [0.29, 0.717) is 22.6 Å². The summed E-state index contributed by atoms with van der Waals surface area (Å²) in [5.41, 5.74) is 1.30. The molecule has 30 heavy (non-hydrogen) atoms. The van der Waals surface area contributed by atoms with Gasteiger partial charge in [-0.25, -0.2) is 22.9 Å². The van der Waals surface area contributed by atoms with Crippen molar-refractivity contribution in [2.75, 3.05) is 0 Å². The summed E-state index contributed by atoms with van der Waals surface area (Å²) in [7, 11) is -3.99. The van der Waals surface area contributed by atoms with Crippen molar-refractivity contribution in [3.63, 3.8) is 0 Å². The van der Waals surface area contributed by atoms with Crippen LogP contribution < -0.4 is 9.88 Å². The van der Waals surface area contributed by atoms with Crippen LogP contribution in [0.1, 0.15) is 5.89 Å². The van der Waals surface area contributed by atoms with Gasteiger partial charge in [-0.3, -0.25) is 0 Å². The van der Waals surface area contributed by atoms with Gasteiger partial charge in [0.25, 0.3) is 0 Å². The molecule has 1 aromatic heterocycles. The van der Waals surface area contributed by atoms with Gasteiger partial charge in [0.05, 0.1) is 4.90 Å². The maximum atomic E-state index is 13.8. The van der Waals surface area contributed by atoms with Crippen molar-refractivity contribution in [2.45, 2.75) is 11.5 Å². The molecule has 0 spiro atoms. The number of hydrogen-bond acceptors (Lipinski definition) is 5. The van der Waals surface area contributed by atoms with Crippen LogP contribution in [0.5, 0.6) is 5.75 Å². The Bertz CT molecular complexity index is 1290. The van der Waals surface area contributed by atoms with E-state index in [9.17, 15) is 12.8 Å². The molecular formula is C22H17FN2O4S. The van der Waals surface area contributed by atoms with Crippen LogP contribution in [0.25, 0.3) is 22.6 Å². The summed E-state index contributed by atoms with van der Waals surface area (Å²) in [5.74, 6) is 0.0748. The standard InChI is InChI=1S/C22H17FN2O4S/c23-17-11-5-6-12-18(17)28-14-20-25-21(22(29-20)15-8-2-1-3-9-15)16-10-4-7-13-19(16)30(24,26)27/h1-13H,14H2,(H2,24,26,27). The summed E-state index contributed by atoms with van der Waals surface area (Å²) in [5, 5.41) is 5.39. The van der Waals surface area contributed by atoms with Crippen LogP contribution in [-0.4, -0.2) is 13.4 Å². The zero-order chi connectivity index (χ0) is 21.1. The summed E-state index contributed by atoms with van der Waals surface area (Å²) in [6.45, 7) is -0.141. The van der Waals surface area contributed by atoms with E-state index in [1.54, 1.807) is 30.3 Å². The minimum Gasteiger partial charge on any atom is -0.481 e. The molecule has 0 aliphatic rings. The van der Waals surface area contributed by atoms with Crippen molar-refractivity contribution >= 4 is 10.0 Å². The second-order valence-corrected chi connectivity index (χ2v) is 7.94. The van der Waals surface area contributed by atoms with Crippen LogP contribution in [-0.2, 0) is 16.6 Å². The van der Waals surface area contributed by atoms with Crippen molar-refractivity contribution in [3.05, 3.63) is 90.6 Å². The molecule has 4 rings (SSSR count). The van der Waals surface area contributed by atoms with Crippen LogP contribution in [0.15, 0.2) is 88.2 Å². The number of oxazole rings is 1. The lowest BCUT2D eigenvalue weighted by Gasteiger charge is -2.06. The van der Waals surface area contributed by atoms with Gasteiger partial charge in [0.15, 0.2) is 23.9 Å². The zero-order valence-electron chi connectivity index (χ0n) is 15.7. The molecule has 8 heteroatoms. The van der Waals surface area contributed by atoms with E-state index in [-0.39, 0.29) is 23.1 Å². The van der Waals surface area contributed by atoms with Crippen molar-refractivity contribution < 1.29 is 22.0 Å². The summed E-state index contributed by atoms with van der Waals surface area (Å²) in [6.07, 6.45) is 0. The highest BCUT2D eigenvalue weighted by molar-refractivity contribution is 7.89. The molecule has 0 fully saturated rings. The first kappa shape index (κ1) is 19.8. The molecule has 0 unspecified atom stereocenters. The molecule has 2 N–H and O–H groups in total. The number of rotatable bonds is 6. The number of para-hydroxylation sites is 1. The number of nitrogens with two attached hydrogens (primary N) is 1. The van der Waals surface area contributed by atoms with E-state index in [2.05, 4.69) is 4.98 Å². The van der Waals surface area contributed by atoms with Crippen molar-refractivity contribution in [2.24, 2.45) is 5.14 Å². The Kier molecular flexibility index (Phi) is 5.35. The summed E-state index contributed by atoms with van der Waals surface area (Å²) in [4.78, 5) is 4.37. The normalized spacial score (nSPS) is 11.4. The summed E-state index contributed by atoms with van der Waals surface area (Å²) >= 11 is 0. The molecule has 0 aliphatic heterocycles. The molecule has 0 amide bonds. The Hall–Kier alpha value is -3.49. The van der Waals surface area contributed by atoms with Gasteiger partial charge in [-0.15, -0.1) is 0 Å². The van der Waals surface area contributed by atoms with Crippen LogP contribution in [0.3, 0.4) is 0 Å². The van der Waals surface area contributed by atoms with E-state index >= 15 is 0 Å². The largest absolute Gasteiger partial charge is 0.481 e. The monoisotopic (exact) mass is 424 g/mol. The number of aromatic nitrogens is 1. The fourth-order valence-electron chi connectivity index (χ4n) is 3.01. The molecule has 6 nitrogen and oxygen atoms in total. The first-order chi connectivity index (χ1) is 14.4. The first-order valence-corrected chi connectivity index (χ1v) is 10.5. The topological polar surface area (TPSA) is 95.4 Å². The van der Waals surface area contributed by atoms with Gasteiger partial charge in [0.2, 0.25) is 15.9 Å². The van der Waals surface area contributed by atoms with Gasteiger partial charge in [-0.05, 0) is 18.2 Å². The van der Waals surface area contributed by atoms with Gasteiger partial charge < -0.3 is 9.15 Å². The lowest BCUT2D eigenvalue weighted by molar-refractivity contribution is 0.253. The van der Waals surface area contributed by atoms with E-state index in [0.717, 1.165) is 0 Å². The minimum absolute atomic E-state index is 0.0587. The van der Waals surface area contributed by atoms with Gasteiger partial charge >= 0.3 is 0 Å². The molecule has 0 aliphatic carbocycles. The Morgan fingerprint density at radius 3 is 2.33 bits per heavy atom. The molecule has 0 radical (unpaired) electrons. The first-order valence-electron chi connectivity index (χ1n) is 8.98. The summed E-state index contributed by atoms with van der Waals surface area (Å²) < 4.78 is 49.4. The molecule has 152 valence electrons. The zero-order valence-corrected chi connectivity index (χ0v) is 16.5. The SMILES string of the molecule is NS(=O)(=O)c1ccccc1-c1nc(COc2ccccc2F)oc1-c1ccccc1. The number of sulfonamides is 1. The molecule has 3 aromatic carbocycles. The fraction of sp³-hybridized carbons (Fsp3) is 0.0455. The highest BCUT2D eigenvalue weighted by Gasteiger charge is 2.23. The average Bonchev–Trinajstić information content (AvgIpc) is 3.17. The summed E-state index contributed by atoms with van der Waals surface area (Å²) in [6, 6.07) is 21.4. The van der Waals surface area contributed by atoms with Crippen LogP contribution in [0.2, 0.25) is 0 Å². The number of nitrogens with zero attached hydrogens (tertiary/aromatic N) is 1. The Morgan fingerprint density at radius 2 is 1.60 bits per heavy atom. The molecule has 0 bridgehead atoms. The molecule has 0 saturated heterocycles. The van der Waals surface area contributed by atoms with E-state index in [1.807, 2.05) is 30.3 Å². The number of halogens is 1. The smallest absolute Gasteiger partial charge is 0.238 e. The second kappa shape index (κ2) is 8.10. The number of hydrogen-bond donors (Lipinski definition) is 1. The fourth-order valence-corrected chi connectivity index (χ4v) is 3.75. The average molecular weight is 424 g/mol. The van der Waals surface area contributed by atoms with E-state index < -0.39 is 15.8 Å². The van der Waals surface area contributed by atoms with Gasteiger partial charge in [0.1, 0.15) is 5.69 Å². The third kappa shape index (κ3) is 4.10. The predicted octanol–water partition coefficient (Wildman–Crippen LogP) is 4.37. The van der Waals surface area contributed by atoms with Crippen LogP contribution in [0.4, 0.5) is 4.39 Å². The number of ether oxygens (including phenoxy) is 1. The van der Waals surface area contributed by atoms with Gasteiger partial charge in [-0.2, -0.15) is 0 Å². The predicted molar refractivity (Wildman–Crippen MR) is 109 cm³/mol. The lowest BCUT2D eigenvalue weighted by Crippen LogP contribution is -2.13. The molecule has 1 heterocycles. The highest BCUT2D eigenvalue weighted by atomic mass is 32.2. The Balaban J connectivity index is 1.80. The van der Waals surface area contributed by atoms with Gasteiger partial charge in [-0.1, -0.05) is 60.7 Å².